The SMILES string of the molecule is COCC1OC(NO)C2OC(C)(C)OC12. The molecule has 2 saturated heterocycles. The average Bonchev–Trinajstić information content (AvgIpc) is 2.61. The lowest BCUT2D eigenvalue weighted by Gasteiger charge is -2.23. The number of rotatable bonds is 3. The summed E-state index contributed by atoms with van der Waals surface area (Å²) in [6.45, 7) is 4.09. The van der Waals surface area contributed by atoms with Crippen LogP contribution in [0.2, 0.25) is 0 Å². The van der Waals surface area contributed by atoms with E-state index in [1.807, 2.05) is 13.8 Å². The number of methoxy groups -OCH3 is 1. The number of ether oxygens (including phenoxy) is 4. The predicted octanol–water partition coefficient (Wildman–Crippen LogP) is -0.143. The summed E-state index contributed by atoms with van der Waals surface area (Å²) < 4.78 is 21.8. The lowest BCUT2D eigenvalue weighted by atomic mass is 10.1. The maximum Gasteiger partial charge on any atom is 0.164 e. The van der Waals surface area contributed by atoms with Gasteiger partial charge in [0.1, 0.15) is 18.3 Å². The van der Waals surface area contributed by atoms with Gasteiger partial charge in [-0.3, -0.25) is 0 Å². The topological polar surface area (TPSA) is 69.2 Å². The van der Waals surface area contributed by atoms with Crippen LogP contribution in [-0.2, 0) is 18.9 Å². The molecule has 0 aromatic carbocycles. The van der Waals surface area contributed by atoms with E-state index in [4.69, 9.17) is 24.2 Å². The highest BCUT2D eigenvalue weighted by Crippen LogP contribution is 2.37. The normalized spacial score (nSPS) is 43.2. The van der Waals surface area contributed by atoms with Crippen molar-refractivity contribution in [3.63, 3.8) is 0 Å². The molecule has 2 fully saturated rings. The highest BCUT2D eigenvalue weighted by molar-refractivity contribution is 4.96. The second-order valence-electron chi connectivity index (χ2n) is 4.24. The van der Waals surface area contributed by atoms with E-state index in [2.05, 4.69) is 5.48 Å². The largest absolute Gasteiger partial charge is 0.382 e. The maximum absolute atomic E-state index is 8.92. The third-order valence-electron chi connectivity index (χ3n) is 2.61. The van der Waals surface area contributed by atoms with Crippen LogP contribution in [0.1, 0.15) is 13.8 Å². The third kappa shape index (κ3) is 2.01. The van der Waals surface area contributed by atoms with E-state index in [0.29, 0.717) is 6.61 Å². The molecule has 2 aliphatic rings. The number of hydrogen-bond acceptors (Lipinski definition) is 6. The summed E-state index contributed by atoms with van der Waals surface area (Å²) in [5, 5.41) is 8.92. The highest BCUT2D eigenvalue weighted by atomic mass is 16.8. The molecule has 0 aliphatic carbocycles. The van der Waals surface area contributed by atoms with Gasteiger partial charge in [-0.05, 0) is 13.8 Å². The van der Waals surface area contributed by atoms with Gasteiger partial charge < -0.3 is 24.2 Å². The zero-order valence-electron chi connectivity index (χ0n) is 9.10. The first-order valence-electron chi connectivity index (χ1n) is 4.97. The quantitative estimate of drug-likeness (QED) is 0.644. The first kappa shape index (κ1) is 11.3. The van der Waals surface area contributed by atoms with Crippen LogP contribution in [0, 0.1) is 0 Å². The van der Waals surface area contributed by atoms with Crippen LogP contribution >= 0.6 is 0 Å². The number of hydroxylamine groups is 1. The summed E-state index contributed by atoms with van der Waals surface area (Å²) >= 11 is 0. The average molecular weight is 219 g/mol. The molecule has 4 atom stereocenters. The van der Waals surface area contributed by atoms with Gasteiger partial charge in [-0.1, -0.05) is 0 Å². The van der Waals surface area contributed by atoms with Gasteiger partial charge in [0.2, 0.25) is 0 Å². The van der Waals surface area contributed by atoms with Crippen molar-refractivity contribution >= 4 is 0 Å². The fourth-order valence-electron chi connectivity index (χ4n) is 2.08. The monoisotopic (exact) mass is 219 g/mol. The second kappa shape index (κ2) is 3.97. The standard InChI is InChI=1S/C9H17NO5/c1-9(2)14-6-5(4-12-3)13-8(10-11)7(6)15-9/h5-8,10-11H,4H2,1-3H3. The first-order valence-corrected chi connectivity index (χ1v) is 4.97. The summed E-state index contributed by atoms with van der Waals surface area (Å²) in [4.78, 5) is 0. The van der Waals surface area contributed by atoms with Crippen molar-refractivity contribution in [1.82, 2.24) is 5.48 Å². The van der Waals surface area contributed by atoms with E-state index < -0.39 is 12.0 Å². The Kier molecular flexibility index (Phi) is 2.98. The molecule has 0 radical (unpaired) electrons. The molecule has 0 aromatic heterocycles. The summed E-state index contributed by atoms with van der Waals surface area (Å²) in [6.07, 6.45) is -1.28. The van der Waals surface area contributed by atoms with Gasteiger partial charge in [0.15, 0.2) is 12.0 Å². The minimum Gasteiger partial charge on any atom is -0.382 e. The molecule has 6 heteroatoms. The maximum atomic E-state index is 8.92. The molecule has 2 N–H and O–H groups in total. The van der Waals surface area contributed by atoms with Crippen LogP contribution in [0.5, 0.6) is 0 Å². The van der Waals surface area contributed by atoms with E-state index in [1.165, 1.54) is 0 Å². The van der Waals surface area contributed by atoms with Crippen molar-refractivity contribution in [3.8, 4) is 0 Å². The molecule has 0 bridgehead atoms. The molecule has 0 aromatic rings. The van der Waals surface area contributed by atoms with Crippen LogP contribution in [-0.4, -0.2) is 49.3 Å². The molecule has 88 valence electrons. The summed E-state index contributed by atoms with van der Waals surface area (Å²) in [6, 6.07) is 0. The lowest BCUT2D eigenvalue weighted by Crippen LogP contribution is -2.38. The highest BCUT2D eigenvalue weighted by Gasteiger charge is 2.55. The molecule has 0 spiro atoms. The van der Waals surface area contributed by atoms with Gasteiger partial charge in [-0.2, -0.15) is 5.48 Å². The smallest absolute Gasteiger partial charge is 0.164 e. The van der Waals surface area contributed by atoms with E-state index in [0.717, 1.165) is 0 Å². The summed E-state index contributed by atoms with van der Waals surface area (Å²) in [5.74, 6) is -0.639. The lowest BCUT2D eigenvalue weighted by molar-refractivity contribution is -0.204. The zero-order chi connectivity index (χ0) is 11.1. The Morgan fingerprint density at radius 3 is 2.60 bits per heavy atom. The van der Waals surface area contributed by atoms with Crippen molar-refractivity contribution in [2.75, 3.05) is 13.7 Å². The molecule has 2 aliphatic heterocycles. The van der Waals surface area contributed by atoms with Gasteiger partial charge >= 0.3 is 0 Å². The van der Waals surface area contributed by atoms with Crippen LogP contribution in [0.3, 0.4) is 0 Å². The van der Waals surface area contributed by atoms with Crippen LogP contribution < -0.4 is 5.48 Å². The minimum absolute atomic E-state index is 0.204. The fraction of sp³-hybridized carbons (Fsp3) is 1.00. The molecule has 0 amide bonds. The van der Waals surface area contributed by atoms with E-state index in [1.54, 1.807) is 7.11 Å². The first-order chi connectivity index (χ1) is 7.07. The Morgan fingerprint density at radius 2 is 2.00 bits per heavy atom. The van der Waals surface area contributed by atoms with Gasteiger partial charge in [0, 0.05) is 7.11 Å². The number of nitrogens with one attached hydrogen (secondary N) is 1. The summed E-state index contributed by atoms with van der Waals surface area (Å²) in [5.41, 5.74) is 2.08. The molecule has 2 heterocycles. The van der Waals surface area contributed by atoms with Gasteiger partial charge in [0.05, 0.1) is 6.61 Å². The molecule has 6 nitrogen and oxygen atoms in total. The molecular formula is C9H17NO5. The predicted molar refractivity (Wildman–Crippen MR) is 49.3 cm³/mol. The van der Waals surface area contributed by atoms with E-state index in [-0.39, 0.29) is 18.3 Å². The Morgan fingerprint density at radius 1 is 1.33 bits per heavy atom. The van der Waals surface area contributed by atoms with Crippen molar-refractivity contribution in [2.45, 2.75) is 44.2 Å². The van der Waals surface area contributed by atoms with Crippen molar-refractivity contribution in [3.05, 3.63) is 0 Å². The van der Waals surface area contributed by atoms with Gasteiger partial charge in [-0.15, -0.1) is 0 Å². The Hall–Kier alpha value is -0.240. The van der Waals surface area contributed by atoms with Crippen LogP contribution in [0.15, 0.2) is 0 Å². The number of fused-ring (bicyclic) bond motifs is 1. The van der Waals surface area contributed by atoms with E-state index in [9.17, 15) is 0 Å². The van der Waals surface area contributed by atoms with Gasteiger partial charge in [0.25, 0.3) is 0 Å². The Bertz CT molecular complexity index is 235. The number of hydrogen-bond donors (Lipinski definition) is 2. The minimum atomic E-state index is -0.639. The van der Waals surface area contributed by atoms with Crippen molar-refractivity contribution in [2.24, 2.45) is 0 Å². The Balaban J connectivity index is 2.08. The molecule has 4 unspecified atom stereocenters. The molecule has 2 rings (SSSR count). The van der Waals surface area contributed by atoms with Crippen LogP contribution in [0.4, 0.5) is 0 Å². The second-order valence-corrected chi connectivity index (χ2v) is 4.24. The third-order valence-corrected chi connectivity index (χ3v) is 2.61. The van der Waals surface area contributed by atoms with Gasteiger partial charge in [-0.25, -0.2) is 0 Å². The molecule has 0 saturated carbocycles. The fourth-order valence-corrected chi connectivity index (χ4v) is 2.08. The van der Waals surface area contributed by atoms with Crippen molar-refractivity contribution < 1.29 is 24.2 Å². The Labute approximate surface area is 88.4 Å². The summed E-state index contributed by atoms with van der Waals surface area (Å²) in [7, 11) is 1.60. The zero-order valence-corrected chi connectivity index (χ0v) is 9.10. The van der Waals surface area contributed by atoms with Crippen molar-refractivity contribution in [1.29, 1.82) is 0 Å². The molecular weight excluding hydrogens is 202 g/mol. The van der Waals surface area contributed by atoms with E-state index >= 15 is 0 Å². The van der Waals surface area contributed by atoms with Crippen LogP contribution in [0.25, 0.3) is 0 Å². The molecule has 15 heavy (non-hydrogen) atoms.